The number of anilines is 1. The molecule has 1 amide bonds. The molecule has 0 aliphatic carbocycles. The molecule has 0 bridgehead atoms. The molecular formula is C21H20ClN3O3S. The highest BCUT2D eigenvalue weighted by Crippen LogP contribution is 2.29. The van der Waals surface area contributed by atoms with Crippen molar-refractivity contribution in [3.8, 4) is 0 Å². The average Bonchev–Trinajstić information content (AvgIpc) is 3.27. The quantitative estimate of drug-likeness (QED) is 0.672. The van der Waals surface area contributed by atoms with Gasteiger partial charge < -0.3 is 5.32 Å². The number of carbonyl (C=O) groups is 1. The summed E-state index contributed by atoms with van der Waals surface area (Å²) in [4.78, 5) is 17.3. The van der Waals surface area contributed by atoms with E-state index in [1.165, 1.54) is 28.6 Å². The lowest BCUT2D eigenvalue weighted by Gasteiger charge is -2.15. The lowest BCUT2D eigenvalue weighted by molar-refractivity contribution is 0.102. The van der Waals surface area contributed by atoms with Crippen LogP contribution in [0.4, 0.5) is 5.69 Å². The number of hydrogen-bond donors (Lipinski definition) is 1. The van der Waals surface area contributed by atoms with Gasteiger partial charge in [-0.1, -0.05) is 11.6 Å². The van der Waals surface area contributed by atoms with Crippen LogP contribution >= 0.6 is 11.6 Å². The molecule has 1 aromatic heterocycles. The minimum atomic E-state index is -3.50. The Labute approximate surface area is 174 Å². The molecule has 1 aliphatic rings. The Morgan fingerprint density at radius 1 is 1.07 bits per heavy atom. The van der Waals surface area contributed by atoms with Crippen LogP contribution in [-0.4, -0.2) is 36.7 Å². The van der Waals surface area contributed by atoms with Gasteiger partial charge in [-0.2, -0.15) is 4.31 Å². The molecule has 0 saturated carbocycles. The topological polar surface area (TPSA) is 79.4 Å². The van der Waals surface area contributed by atoms with Crippen molar-refractivity contribution in [1.29, 1.82) is 0 Å². The molecule has 0 spiro atoms. The molecule has 8 heteroatoms. The molecule has 29 heavy (non-hydrogen) atoms. The molecule has 2 aromatic carbocycles. The van der Waals surface area contributed by atoms with Gasteiger partial charge in [0.05, 0.1) is 16.1 Å². The molecule has 0 unspecified atom stereocenters. The van der Waals surface area contributed by atoms with Crippen LogP contribution in [-0.2, 0) is 10.0 Å². The standard InChI is InChI=1S/C21H20ClN3O3S/c1-14-18(22)9-8-17-19(10-11-23-20(14)17)24-21(26)15-4-6-16(7-5-15)29(27,28)25-12-2-3-13-25/h4-11H,2-3,12-13H2,1H3,(H,23,24,26). The fourth-order valence-corrected chi connectivity index (χ4v) is 5.16. The van der Waals surface area contributed by atoms with Gasteiger partial charge in [0.15, 0.2) is 0 Å². The summed E-state index contributed by atoms with van der Waals surface area (Å²) in [5.41, 5.74) is 2.56. The molecule has 1 N–H and O–H groups in total. The summed E-state index contributed by atoms with van der Waals surface area (Å²) in [5, 5.41) is 4.28. The van der Waals surface area contributed by atoms with Gasteiger partial charge in [0, 0.05) is 35.3 Å². The monoisotopic (exact) mass is 429 g/mol. The first-order valence-corrected chi connectivity index (χ1v) is 11.1. The minimum absolute atomic E-state index is 0.204. The number of amides is 1. The maximum atomic E-state index is 12.7. The summed E-state index contributed by atoms with van der Waals surface area (Å²) in [6.07, 6.45) is 3.38. The summed E-state index contributed by atoms with van der Waals surface area (Å²) in [6.45, 7) is 2.97. The van der Waals surface area contributed by atoms with Crippen molar-refractivity contribution >= 4 is 44.1 Å². The van der Waals surface area contributed by atoms with Crippen molar-refractivity contribution in [1.82, 2.24) is 9.29 Å². The van der Waals surface area contributed by atoms with Crippen LogP contribution in [0.2, 0.25) is 5.02 Å². The number of hydrogen-bond acceptors (Lipinski definition) is 4. The van der Waals surface area contributed by atoms with Crippen molar-refractivity contribution in [3.05, 3.63) is 64.8 Å². The Balaban J connectivity index is 1.58. The average molecular weight is 430 g/mol. The molecule has 0 atom stereocenters. The zero-order valence-corrected chi connectivity index (χ0v) is 17.4. The predicted octanol–water partition coefficient (Wildman–Crippen LogP) is 4.23. The number of sulfonamides is 1. The smallest absolute Gasteiger partial charge is 0.255 e. The summed E-state index contributed by atoms with van der Waals surface area (Å²) in [6, 6.07) is 11.3. The lowest BCUT2D eigenvalue weighted by atomic mass is 10.1. The predicted molar refractivity (Wildman–Crippen MR) is 114 cm³/mol. The van der Waals surface area contributed by atoms with Crippen molar-refractivity contribution in [2.75, 3.05) is 18.4 Å². The van der Waals surface area contributed by atoms with Crippen LogP contribution < -0.4 is 5.32 Å². The Morgan fingerprint density at radius 3 is 2.45 bits per heavy atom. The minimum Gasteiger partial charge on any atom is -0.321 e. The Morgan fingerprint density at radius 2 is 1.76 bits per heavy atom. The second-order valence-corrected chi connectivity index (χ2v) is 9.36. The zero-order chi connectivity index (χ0) is 20.6. The number of fused-ring (bicyclic) bond motifs is 1. The number of aryl methyl sites for hydroxylation is 1. The zero-order valence-electron chi connectivity index (χ0n) is 15.9. The molecule has 0 radical (unpaired) electrons. The first-order valence-electron chi connectivity index (χ1n) is 9.33. The van der Waals surface area contributed by atoms with E-state index in [1.54, 1.807) is 18.3 Å². The lowest BCUT2D eigenvalue weighted by Crippen LogP contribution is -2.27. The molecule has 2 heterocycles. The number of rotatable bonds is 4. The van der Waals surface area contributed by atoms with Crippen LogP contribution in [0.1, 0.15) is 28.8 Å². The van der Waals surface area contributed by atoms with Crippen molar-refractivity contribution < 1.29 is 13.2 Å². The molecule has 150 valence electrons. The molecule has 1 saturated heterocycles. The summed E-state index contributed by atoms with van der Waals surface area (Å²) in [5.74, 6) is -0.324. The van der Waals surface area contributed by atoms with E-state index in [0.717, 1.165) is 29.3 Å². The molecule has 6 nitrogen and oxygen atoms in total. The third-order valence-corrected chi connectivity index (χ3v) is 7.49. The van der Waals surface area contributed by atoms with E-state index in [0.29, 0.717) is 29.4 Å². The maximum absolute atomic E-state index is 12.7. The van der Waals surface area contributed by atoms with Gasteiger partial charge in [0.1, 0.15) is 0 Å². The number of pyridine rings is 1. The van der Waals surface area contributed by atoms with Crippen LogP contribution in [0, 0.1) is 6.92 Å². The fourth-order valence-electron chi connectivity index (χ4n) is 3.49. The van der Waals surface area contributed by atoms with Gasteiger partial charge in [-0.25, -0.2) is 8.42 Å². The van der Waals surface area contributed by atoms with E-state index in [9.17, 15) is 13.2 Å². The van der Waals surface area contributed by atoms with E-state index in [4.69, 9.17) is 11.6 Å². The molecule has 4 rings (SSSR count). The summed E-state index contributed by atoms with van der Waals surface area (Å²) < 4.78 is 26.7. The number of nitrogens with zero attached hydrogens (tertiary/aromatic N) is 2. The SMILES string of the molecule is Cc1c(Cl)ccc2c(NC(=O)c3ccc(S(=O)(=O)N4CCCC4)cc3)ccnc12. The van der Waals surface area contributed by atoms with Gasteiger partial charge in [-0.05, 0) is 67.8 Å². The summed E-state index contributed by atoms with van der Waals surface area (Å²) >= 11 is 6.16. The molecule has 1 fully saturated rings. The van der Waals surface area contributed by atoms with Gasteiger partial charge >= 0.3 is 0 Å². The van der Waals surface area contributed by atoms with E-state index < -0.39 is 10.0 Å². The summed E-state index contributed by atoms with van der Waals surface area (Å²) in [7, 11) is -3.50. The second kappa shape index (κ2) is 7.74. The molecule has 1 aliphatic heterocycles. The highest BCUT2D eigenvalue weighted by Gasteiger charge is 2.27. The van der Waals surface area contributed by atoms with Gasteiger partial charge in [-0.3, -0.25) is 9.78 Å². The number of carbonyl (C=O) groups excluding carboxylic acids is 1. The first kappa shape index (κ1) is 19.8. The van der Waals surface area contributed by atoms with Gasteiger partial charge in [-0.15, -0.1) is 0 Å². The number of nitrogens with one attached hydrogen (secondary N) is 1. The third-order valence-electron chi connectivity index (χ3n) is 5.17. The largest absolute Gasteiger partial charge is 0.321 e. The number of benzene rings is 2. The fraction of sp³-hybridized carbons (Fsp3) is 0.238. The third kappa shape index (κ3) is 3.73. The maximum Gasteiger partial charge on any atom is 0.255 e. The Hall–Kier alpha value is -2.48. The van der Waals surface area contributed by atoms with Crippen molar-refractivity contribution in [2.24, 2.45) is 0 Å². The van der Waals surface area contributed by atoms with Crippen LogP contribution in [0.5, 0.6) is 0 Å². The van der Waals surface area contributed by atoms with E-state index in [1.807, 2.05) is 13.0 Å². The number of halogens is 1. The van der Waals surface area contributed by atoms with Gasteiger partial charge in [0.2, 0.25) is 10.0 Å². The second-order valence-electron chi connectivity index (χ2n) is 7.02. The molecular weight excluding hydrogens is 410 g/mol. The van der Waals surface area contributed by atoms with E-state index in [2.05, 4.69) is 10.3 Å². The van der Waals surface area contributed by atoms with Crippen molar-refractivity contribution in [2.45, 2.75) is 24.7 Å². The van der Waals surface area contributed by atoms with Gasteiger partial charge in [0.25, 0.3) is 5.91 Å². The highest BCUT2D eigenvalue weighted by atomic mass is 35.5. The van der Waals surface area contributed by atoms with Crippen molar-refractivity contribution in [3.63, 3.8) is 0 Å². The van der Waals surface area contributed by atoms with E-state index >= 15 is 0 Å². The molecule has 3 aromatic rings. The highest BCUT2D eigenvalue weighted by molar-refractivity contribution is 7.89. The van der Waals surface area contributed by atoms with E-state index in [-0.39, 0.29) is 10.8 Å². The van der Waals surface area contributed by atoms with Crippen LogP contribution in [0.25, 0.3) is 10.9 Å². The normalized spacial score (nSPS) is 15.0. The number of aromatic nitrogens is 1. The van der Waals surface area contributed by atoms with Crippen LogP contribution in [0.3, 0.4) is 0 Å². The first-order chi connectivity index (χ1) is 13.9. The van der Waals surface area contributed by atoms with Crippen LogP contribution in [0.15, 0.2) is 53.6 Å². The Kier molecular flexibility index (Phi) is 5.29. The Bertz CT molecular complexity index is 1190.